The van der Waals surface area contributed by atoms with Gasteiger partial charge in [-0.3, -0.25) is 4.40 Å². The number of methoxy groups -OCH3 is 1. The van der Waals surface area contributed by atoms with Crippen molar-refractivity contribution in [1.82, 2.24) is 9.38 Å². The summed E-state index contributed by atoms with van der Waals surface area (Å²) in [6.07, 6.45) is 0. The summed E-state index contributed by atoms with van der Waals surface area (Å²) in [5.74, 6) is 0.851. The van der Waals surface area contributed by atoms with E-state index < -0.39 is 0 Å². The average molecular weight is 282 g/mol. The summed E-state index contributed by atoms with van der Waals surface area (Å²) in [4.78, 5) is 4.67. The Kier molecular flexibility index (Phi) is 3.39. The minimum Gasteiger partial charge on any atom is -0.496 e. The summed E-state index contributed by atoms with van der Waals surface area (Å²) >= 11 is 0. The van der Waals surface area contributed by atoms with Gasteiger partial charge in [-0.05, 0) is 49.7 Å². The lowest BCUT2D eigenvalue weighted by molar-refractivity contribution is 0.276. The molecular weight excluding hydrogens is 264 g/mol. The Morgan fingerprint density at radius 2 is 2.00 bits per heavy atom. The largest absolute Gasteiger partial charge is 0.496 e. The number of hydrogen-bond donors (Lipinski definition) is 1. The molecule has 3 aromatic rings. The smallest absolute Gasteiger partial charge is 0.137 e. The van der Waals surface area contributed by atoms with Gasteiger partial charge in [-0.1, -0.05) is 6.07 Å². The highest BCUT2D eigenvalue weighted by atomic mass is 16.5. The average Bonchev–Trinajstić information content (AvgIpc) is 2.87. The normalized spacial score (nSPS) is 11.0. The maximum atomic E-state index is 9.78. The van der Waals surface area contributed by atoms with Gasteiger partial charge in [0, 0.05) is 11.3 Å². The molecule has 0 spiro atoms. The number of fused-ring (bicyclic) bond motifs is 1. The molecule has 0 saturated heterocycles. The second kappa shape index (κ2) is 5.22. The number of imidazole rings is 1. The summed E-state index contributed by atoms with van der Waals surface area (Å²) in [7, 11) is 1.66. The Bertz CT molecular complexity index is 806. The molecule has 4 heteroatoms. The van der Waals surface area contributed by atoms with Crippen LogP contribution in [0.25, 0.3) is 16.9 Å². The van der Waals surface area contributed by atoms with Gasteiger partial charge < -0.3 is 9.84 Å². The topological polar surface area (TPSA) is 46.8 Å². The SMILES string of the molecule is COc1ccc(-c2nc3cccc(C)n3c2CO)cc1C. The number of rotatable bonds is 3. The number of aromatic nitrogens is 2. The molecule has 0 saturated carbocycles. The van der Waals surface area contributed by atoms with Gasteiger partial charge in [0.1, 0.15) is 11.4 Å². The molecule has 0 radical (unpaired) electrons. The quantitative estimate of drug-likeness (QED) is 0.803. The Hall–Kier alpha value is -2.33. The molecule has 0 atom stereocenters. The summed E-state index contributed by atoms with van der Waals surface area (Å²) in [5, 5.41) is 9.78. The van der Waals surface area contributed by atoms with Crippen LogP contribution >= 0.6 is 0 Å². The molecule has 0 aliphatic carbocycles. The van der Waals surface area contributed by atoms with Crippen molar-refractivity contribution in [3.8, 4) is 17.0 Å². The van der Waals surface area contributed by atoms with Crippen molar-refractivity contribution in [3.63, 3.8) is 0 Å². The fourth-order valence-electron chi connectivity index (χ4n) is 2.73. The van der Waals surface area contributed by atoms with Crippen LogP contribution in [0.5, 0.6) is 5.75 Å². The van der Waals surface area contributed by atoms with Crippen molar-refractivity contribution in [2.24, 2.45) is 0 Å². The molecule has 0 fully saturated rings. The van der Waals surface area contributed by atoms with Gasteiger partial charge in [-0.2, -0.15) is 0 Å². The molecule has 4 nitrogen and oxygen atoms in total. The summed E-state index contributed by atoms with van der Waals surface area (Å²) < 4.78 is 7.29. The molecule has 0 aliphatic heterocycles. The van der Waals surface area contributed by atoms with Crippen molar-refractivity contribution < 1.29 is 9.84 Å². The number of aliphatic hydroxyl groups is 1. The van der Waals surface area contributed by atoms with Crippen LogP contribution in [0, 0.1) is 13.8 Å². The third-order valence-electron chi connectivity index (χ3n) is 3.75. The van der Waals surface area contributed by atoms with Gasteiger partial charge in [-0.25, -0.2) is 4.98 Å². The minimum absolute atomic E-state index is 0.0492. The van der Waals surface area contributed by atoms with Crippen LogP contribution in [0.1, 0.15) is 17.0 Å². The van der Waals surface area contributed by atoms with Crippen LogP contribution < -0.4 is 4.74 Å². The Morgan fingerprint density at radius 1 is 1.19 bits per heavy atom. The van der Waals surface area contributed by atoms with Crippen molar-refractivity contribution in [1.29, 1.82) is 0 Å². The Balaban J connectivity index is 2.25. The molecule has 0 bridgehead atoms. The number of ether oxygens (including phenoxy) is 1. The first-order valence-corrected chi connectivity index (χ1v) is 6.88. The van der Waals surface area contributed by atoms with Crippen LogP contribution in [-0.4, -0.2) is 21.6 Å². The summed E-state index contributed by atoms with van der Waals surface area (Å²) in [6.45, 7) is 3.96. The zero-order valence-corrected chi connectivity index (χ0v) is 12.4. The van der Waals surface area contributed by atoms with Gasteiger partial charge in [0.05, 0.1) is 25.1 Å². The molecule has 1 N–H and O–H groups in total. The first kappa shape index (κ1) is 13.6. The first-order chi connectivity index (χ1) is 10.2. The zero-order valence-electron chi connectivity index (χ0n) is 12.4. The van der Waals surface area contributed by atoms with E-state index in [2.05, 4.69) is 4.98 Å². The summed E-state index contributed by atoms with van der Waals surface area (Å²) in [6, 6.07) is 11.9. The first-order valence-electron chi connectivity index (χ1n) is 6.88. The van der Waals surface area contributed by atoms with Crippen molar-refractivity contribution in [2.45, 2.75) is 20.5 Å². The van der Waals surface area contributed by atoms with Crippen LogP contribution in [0.15, 0.2) is 36.4 Å². The van der Waals surface area contributed by atoms with Crippen molar-refractivity contribution >= 4 is 5.65 Å². The fourth-order valence-corrected chi connectivity index (χ4v) is 2.73. The molecule has 0 aliphatic rings. The molecule has 108 valence electrons. The number of aliphatic hydroxyl groups excluding tert-OH is 1. The van der Waals surface area contributed by atoms with Gasteiger partial charge in [0.15, 0.2) is 0 Å². The summed E-state index contributed by atoms with van der Waals surface area (Å²) in [5.41, 5.74) is 5.57. The predicted molar refractivity (Wildman–Crippen MR) is 82.6 cm³/mol. The molecule has 0 unspecified atom stereocenters. The van der Waals surface area contributed by atoms with Crippen LogP contribution in [-0.2, 0) is 6.61 Å². The van der Waals surface area contributed by atoms with E-state index >= 15 is 0 Å². The van der Waals surface area contributed by atoms with E-state index in [0.29, 0.717) is 0 Å². The molecule has 2 aromatic heterocycles. The van der Waals surface area contributed by atoms with Crippen LogP contribution in [0.4, 0.5) is 0 Å². The number of hydrogen-bond acceptors (Lipinski definition) is 3. The standard InChI is InChI=1S/C17H18N2O2/c1-11-9-13(7-8-15(11)21-3)17-14(10-20)19-12(2)5-4-6-16(19)18-17/h4-9,20H,10H2,1-3H3. The Labute approximate surface area is 123 Å². The maximum Gasteiger partial charge on any atom is 0.137 e. The van der Waals surface area contributed by atoms with Crippen LogP contribution in [0.2, 0.25) is 0 Å². The molecule has 3 rings (SSSR count). The highest BCUT2D eigenvalue weighted by Crippen LogP contribution is 2.29. The van der Waals surface area contributed by atoms with Crippen LogP contribution in [0.3, 0.4) is 0 Å². The monoisotopic (exact) mass is 282 g/mol. The number of benzene rings is 1. The number of nitrogens with zero attached hydrogens (tertiary/aromatic N) is 2. The van der Waals surface area contributed by atoms with Gasteiger partial charge >= 0.3 is 0 Å². The number of aryl methyl sites for hydroxylation is 2. The predicted octanol–water partition coefficient (Wildman–Crippen LogP) is 3.12. The molecular formula is C17H18N2O2. The highest BCUT2D eigenvalue weighted by molar-refractivity contribution is 5.68. The van der Waals surface area contributed by atoms with Crippen molar-refractivity contribution in [2.75, 3.05) is 7.11 Å². The lowest BCUT2D eigenvalue weighted by atomic mass is 10.1. The fraction of sp³-hybridized carbons (Fsp3) is 0.235. The van der Waals surface area contributed by atoms with Gasteiger partial charge in [0.2, 0.25) is 0 Å². The lowest BCUT2D eigenvalue weighted by Crippen LogP contribution is -1.98. The molecule has 1 aromatic carbocycles. The molecule has 21 heavy (non-hydrogen) atoms. The van der Waals surface area contributed by atoms with E-state index in [0.717, 1.165) is 39.6 Å². The second-order valence-electron chi connectivity index (χ2n) is 5.11. The van der Waals surface area contributed by atoms with E-state index in [4.69, 9.17) is 4.74 Å². The maximum absolute atomic E-state index is 9.78. The van der Waals surface area contributed by atoms with E-state index in [1.807, 2.05) is 54.6 Å². The van der Waals surface area contributed by atoms with E-state index in [9.17, 15) is 5.11 Å². The van der Waals surface area contributed by atoms with E-state index in [1.54, 1.807) is 7.11 Å². The molecule has 2 heterocycles. The minimum atomic E-state index is -0.0492. The Morgan fingerprint density at radius 3 is 2.67 bits per heavy atom. The van der Waals surface area contributed by atoms with E-state index in [1.165, 1.54) is 0 Å². The third-order valence-corrected chi connectivity index (χ3v) is 3.75. The van der Waals surface area contributed by atoms with E-state index in [-0.39, 0.29) is 6.61 Å². The number of pyridine rings is 1. The zero-order chi connectivity index (χ0) is 15.0. The van der Waals surface area contributed by atoms with Crippen molar-refractivity contribution in [3.05, 3.63) is 53.3 Å². The lowest BCUT2D eigenvalue weighted by Gasteiger charge is -2.08. The third kappa shape index (κ3) is 2.17. The molecule has 0 amide bonds. The van der Waals surface area contributed by atoms with Gasteiger partial charge in [-0.15, -0.1) is 0 Å². The highest BCUT2D eigenvalue weighted by Gasteiger charge is 2.15. The second-order valence-corrected chi connectivity index (χ2v) is 5.11. The van der Waals surface area contributed by atoms with Gasteiger partial charge in [0.25, 0.3) is 0 Å².